The Morgan fingerprint density at radius 3 is 2.50 bits per heavy atom. The average Bonchev–Trinajstić information content (AvgIpc) is 1.66. The molecule has 0 N–H and O–H groups in total. The van der Waals surface area contributed by atoms with Gasteiger partial charge in [0.2, 0.25) is 6.43 Å². The summed E-state index contributed by atoms with van der Waals surface area (Å²) in [6.45, 7) is 2.07. The first-order chi connectivity index (χ1) is 3.77. The van der Waals surface area contributed by atoms with Gasteiger partial charge in [0.1, 0.15) is 0 Å². The molecule has 0 saturated heterocycles. The zero-order valence-corrected chi connectivity index (χ0v) is 6.58. The predicted octanol–water partition coefficient (Wildman–Crippen LogP) is 1.67. The summed E-state index contributed by atoms with van der Waals surface area (Å²) in [6.07, 6.45) is -1.92. The van der Waals surface area contributed by atoms with Crippen molar-refractivity contribution in [2.75, 3.05) is 0 Å². The van der Waals surface area contributed by atoms with Crippen LogP contribution in [0.25, 0.3) is 0 Å². The van der Waals surface area contributed by atoms with Crippen molar-refractivity contribution in [2.24, 2.45) is 0 Å². The number of hydrogen-bond donors (Lipinski definition) is 0. The lowest BCUT2D eigenvalue weighted by Crippen LogP contribution is -1.93. The minimum Gasteiger partial charge on any atom is -0.211 e. The van der Waals surface area contributed by atoms with Crippen LogP contribution < -0.4 is 0 Å². The molecular weight excluding hydrogens is 126 g/mol. The summed E-state index contributed by atoms with van der Waals surface area (Å²) in [7, 11) is -0.101. The first-order valence-corrected chi connectivity index (χ1v) is 5.05. The Labute approximate surface area is 51.1 Å². The highest BCUT2D eigenvalue weighted by atomic mass is 28.2. The van der Waals surface area contributed by atoms with Gasteiger partial charge in [-0.15, -0.1) is 0 Å². The molecule has 0 aromatic heterocycles. The highest BCUT2D eigenvalue weighted by molar-refractivity contribution is 6.35. The van der Waals surface area contributed by atoms with E-state index in [0.717, 1.165) is 12.1 Å². The molecule has 0 nitrogen and oxygen atoms in total. The van der Waals surface area contributed by atoms with E-state index in [2.05, 4.69) is 6.92 Å². The van der Waals surface area contributed by atoms with Crippen molar-refractivity contribution >= 4 is 9.52 Å². The van der Waals surface area contributed by atoms with Gasteiger partial charge in [0.25, 0.3) is 0 Å². The Morgan fingerprint density at radius 1 is 1.50 bits per heavy atom. The largest absolute Gasteiger partial charge is 0.238 e. The molecule has 0 atom stereocenters. The minimum atomic E-state index is -2.06. The van der Waals surface area contributed by atoms with Crippen LogP contribution in [0.3, 0.4) is 0 Å². The zero-order valence-electron chi connectivity index (χ0n) is 5.16. The Morgan fingerprint density at radius 2 is 2.12 bits per heavy atom. The molecule has 0 bridgehead atoms. The fourth-order valence-corrected chi connectivity index (χ4v) is 1.65. The number of alkyl halides is 2. The van der Waals surface area contributed by atoms with Gasteiger partial charge < -0.3 is 0 Å². The van der Waals surface area contributed by atoms with Gasteiger partial charge in [-0.3, -0.25) is 0 Å². The lowest BCUT2D eigenvalue weighted by atomic mass is 10.5. The second-order valence-electron chi connectivity index (χ2n) is 1.89. The van der Waals surface area contributed by atoms with Gasteiger partial charge in [-0.25, -0.2) is 8.78 Å². The van der Waals surface area contributed by atoms with Crippen LogP contribution in [0.1, 0.15) is 13.3 Å². The summed E-state index contributed by atoms with van der Waals surface area (Å²) in [6, 6.07) is 1.97. The van der Waals surface area contributed by atoms with Crippen molar-refractivity contribution < 1.29 is 8.78 Å². The second kappa shape index (κ2) is 5.22. The van der Waals surface area contributed by atoms with Crippen LogP contribution in [0.2, 0.25) is 12.1 Å². The highest BCUT2D eigenvalue weighted by Crippen LogP contribution is 2.02. The monoisotopic (exact) mass is 138 g/mol. The van der Waals surface area contributed by atoms with Gasteiger partial charge in [-0.1, -0.05) is 19.0 Å². The molecular formula is C5H12F2Si. The molecule has 0 saturated carbocycles. The normalized spacial score (nSPS) is 12.0. The van der Waals surface area contributed by atoms with Gasteiger partial charge >= 0.3 is 0 Å². The van der Waals surface area contributed by atoms with E-state index in [1.54, 1.807) is 0 Å². The summed E-state index contributed by atoms with van der Waals surface area (Å²) in [5.41, 5.74) is 0. The first-order valence-electron chi connectivity index (χ1n) is 3.05. The molecule has 0 spiro atoms. The van der Waals surface area contributed by atoms with Gasteiger partial charge in [0.05, 0.1) is 0 Å². The molecule has 0 heterocycles. The molecule has 8 heavy (non-hydrogen) atoms. The van der Waals surface area contributed by atoms with Crippen LogP contribution in [-0.2, 0) is 0 Å². The third-order valence-corrected chi connectivity index (χ3v) is 2.64. The van der Waals surface area contributed by atoms with Gasteiger partial charge in [0, 0.05) is 15.9 Å². The maximum Gasteiger partial charge on any atom is 0.238 e. The fourth-order valence-electron chi connectivity index (χ4n) is 0.549. The molecule has 0 aliphatic rings. The number of hydrogen-bond acceptors (Lipinski definition) is 0. The standard InChI is InChI=1S/C5H12F2Si/c1-2-8-4-3-5(6)7/h5H,2-4,8H2,1H3. The van der Waals surface area contributed by atoms with Crippen molar-refractivity contribution in [3.8, 4) is 0 Å². The van der Waals surface area contributed by atoms with Crippen LogP contribution in [0.5, 0.6) is 0 Å². The van der Waals surface area contributed by atoms with Gasteiger partial charge in [-0.05, 0) is 0 Å². The molecule has 3 heteroatoms. The summed E-state index contributed by atoms with van der Waals surface area (Å²) in [4.78, 5) is 0. The highest BCUT2D eigenvalue weighted by Gasteiger charge is 1.99. The summed E-state index contributed by atoms with van der Waals surface area (Å²) in [5.74, 6) is 0. The van der Waals surface area contributed by atoms with Crippen molar-refractivity contribution in [1.29, 1.82) is 0 Å². The third kappa shape index (κ3) is 6.08. The topological polar surface area (TPSA) is 0 Å². The van der Waals surface area contributed by atoms with Crippen LogP contribution in [0, 0.1) is 0 Å². The molecule has 0 aromatic carbocycles. The summed E-state index contributed by atoms with van der Waals surface area (Å²) < 4.78 is 22.8. The van der Waals surface area contributed by atoms with E-state index in [-0.39, 0.29) is 15.9 Å². The molecule has 0 fully saturated rings. The average molecular weight is 138 g/mol. The Kier molecular flexibility index (Phi) is 5.27. The van der Waals surface area contributed by atoms with E-state index in [1.165, 1.54) is 0 Å². The van der Waals surface area contributed by atoms with Crippen molar-refractivity contribution in [1.82, 2.24) is 0 Å². The van der Waals surface area contributed by atoms with Crippen molar-refractivity contribution in [3.63, 3.8) is 0 Å². The predicted molar refractivity (Wildman–Crippen MR) is 34.5 cm³/mol. The summed E-state index contributed by atoms with van der Waals surface area (Å²) in [5, 5.41) is 0. The summed E-state index contributed by atoms with van der Waals surface area (Å²) >= 11 is 0. The minimum absolute atomic E-state index is 0.101. The Hall–Kier alpha value is 0.0769. The Balaban J connectivity index is 2.72. The van der Waals surface area contributed by atoms with Crippen LogP contribution >= 0.6 is 0 Å². The first kappa shape index (κ1) is 8.08. The molecule has 0 unspecified atom stereocenters. The lowest BCUT2D eigenvalue weighted by Gasteiger charge is -1.93. The van der Waals surface area contributed by atoms with Crippen molar-refractivity contribution in [3.05, 3.63) is 0 Å². The third-order valence-electron chi connectivity index (χ3n) is 1.03. The van der Waals surface area contributed by atoms with E-state index < -0.39 is 6.43 Å². The zero-order chi connectivity index (χ0) is 6.41. The molecule has 0 aromatic rings. The van der Waals surface area contributed by atoms with Crippen LogP contribution in [0.15, 0.2) is 0 Å². The molecule has 0 rings (SSSR count). The van der Waals surface area contributed by atoms with Crippen LogP contribution in [0.4, 0.5) is 8.78 Å². The molecule has 0 aliphatic carbocycles. The van der Waals surface area contributed by atoms with Crippen molar-refractivity contribution in [2.45, 2.75) is 31.9 Å². The van der Waals surface area contributed by atoms with Gasteiger partial charge in [-0.2, -0.15) is 0 Å². The maximum absolute atomic E-state index is 11.4. The number of rotatable bonds is 4. The molecule has 0 aliphatic heterocycles. The van der Waals surface area contributed by atoms with E-state index in [1.807, 2.05) is 0 Å². The van der Waals surface area contributed by atoms with E-state index in [9.17, 15) is 8.78 Å². The van der Waals surface area contributed by atoms with Gasteiger partial charge in [0.15, 0.2) is 0 Å². The van der Waals surface area contributed by atoms with E-state index >= 15 is 0 Å². The maximum atomic E-state index is 11.4. The fraction of sp³-hybridized carbons (Fsp3) is 1.00. The molecule has 0 radical (unpaired) electrons. The van der Waals surface area contributed by atoms with Crippen LogP contribution in [-0.4, -0.2) is 15.9 Å². The lowest BCUT2D eigenvalue weighted by molar-refractivity contribution is 0.144. The smallest absolute Gasteiger partial charge is 0.211 e. The number of halogens is 2. The molecule has 0 amide bonds. The quantitative estimate of drug-likeness (QED) is 0.409. The Bertz CT molecular complexity index is 47.7. The van der Waals surface area contributed by atoms with E-state index in [4.69, 9.17) is 0 Å². The van der Waals surface area contributed by atoms with E-state index in [0.29, 0.717) is 0 Å². The molecule has 50 valence electrons. The second-order valence-corrected chi connectivity index (χ2v) is 4.30. The SMILES string of the molecule is CC[SiH2]CCC(F)F.